The number of nitrogens with two attached hydrogens (primary N) is 1. The van der Waals surface area contributed by atoms with Crippen molar-refractivity contribution in [1.29, 1.82) is 0 Å². The van der Waals surface area contributed by atoms with Gasteiger partial charge in [-0.3, -0.25) is 9.78 Å². The number of carbonyl (C=O) groups excluding carboxylic acids is 1. The highest BCUT2D eigenvalue weighted by atomic mass is 19.1. The van der Waals surface area contributed by atoms with Gasteiger partial charge in [-0.2, -0.15) is 0 Å². The van der Waals surface area contributed by atoms with E-state index in [4.69, 9.17) is 5.73 Å². The van der Waals surface area contributed by atoms with Gasteiger partial charge in [-0.1, -0.05) is 0 Å². The normalized spacial score (nSPS) is 16.2. The Bertz CT molecular complexity index is 708. The molecule has 0 bridgehead atoms. The maximum atomic E-state index is 13.3. The summed E-state index contributed by atoms with van der Waals surface area (Å²) in [6.45, 7) is 3.96. The van der Waals surface area contributed by atoms with Gasteiger partial charge in [0, 0.05) is 24.5 Å². The van der Waals surface area contributed by atoms with Crippen LogP contribution in [0.15, 0.2) is 24.3 Å². The molecule has 0 aliphatic carbocycles. The fraction of sp³-hybridized carbons (Fsp3) is 0.412. The Morgan fingerprint density at radius 1 is 1.36 bits per heavy atom. The van der Waals surface area contributed by atoms with E-state index in [0.717, 1.165) is 31.3 Å². The Morgan fingerprint density at radius 2 is 2.09 bits per heavy atom. The number of fused-ring (bicyclic) bond motifs is 1. The molecule has 2 N–H and O–H groups in total. The van der Waals surface area contributed by atoms with E-state index in [1.54, 1.807) is 13.0 Å². The van der Waals surface area contributed by atoms with Gasteiger partial charge in [-0.15, -0.1) is 0 Å². The van der Waals surface area contributed by atoms with Gasteiger partial charge in [0.2, 0.25) is 0 Å². The number of halogens is 1. The molecule has 4 nitrogen and oxygen atoms in total. The zero-order valence-electron chi connectivity index (χ0n) is 12.7. The van der Waals surface area contributed by atoms with Crippen LogP contribution in [-0.4, -0.2) is 35.4 Å². The average Bonchev–Trinajstić information content (AvgIpc) is 2.53. The molecular weight excluding hydrogens is 281 g/mol. The van der Waals surface area contributed by atoms with Crippen LogP contribution in [-0.2, 0) is 0 Å². The minimum atomic E-state index is -0.317. The van der Waals surface area contributed by atoms with Crippen LogP contribution in [0.3, 0.4) is 0 Å². The molecule has 1 aromatic carbocycles. The molecule has 2 aromatic rings. The Morgan fingerprint density at radius 3 is 2.77 bits per heavy atom. The van der Waals surface area contributed by atoms with E-state index in [1.807, 2.05) is 11.0 Å². The third-order valence-corrected chi connectivity index (χ3v) is 4.44. The second-order valence-corrected chi connectivity index (χ2v) is 5.93. The van der Waals surface area contributed by atoms with Gasteiger partial charge in [0.15, 0.2) is 0 Å². The summed E-state index contributed by atoms with van der Waals surface area (Å²) in [6, 6.07) is 6.26. The second-order valence-electron chi connectivity index (χ2n) is 5.93. The number of pyridine rings is 1. The van der Waals surface area contributed by atoms with Gasteiger partial charge in [0.25, 0.3) is 5.91 Å². The number of likely N-dealkylation sites (tertiary alicyclic amines) is 1. The summed E-state index contributed by atoms with van der Waals surface area (Å²) in [6.07, 6.45) is 1.90. The molecule has 0 atom stereocenters. The summed E-state index contributed by atoms with van der Waals surface area (Å²) in [5.74, 6) is 0.205. The number of benzene rings is 1. The molecule has 1 amide bonds. The van der Waals surface area contributed by atoms with Crippen molar-refractivity contribution in [1.82, 2.24) is 9.88 Å². The first-order valence-corrected chi connectivity index (χ1v) is 7.64. The average molecular weight is 301 g/mol. The van der Waals surface area contributed by atoms with Crippen molar-refractivity contribution in [2.45, 2.75) is 19.8 Å². The highest BCUT2D eigenvalue weighted by Crippen LogP contribution is 2.22. The zero-order chi connectivity index (χ0) is 15.7. The lowest BCUT2D eigenvalue weighted by atomic mass is 9.96. The summed E-state index contributed by atoms with van der Waals surface area (Å²) >= 11 is 0. The molecule has 2 heterocycles. The number of aryl methyl sites for hydroxylation is 1. The lowest BCUT2D eigenvalue weighted by Gasteiger charge is -2.31. The Hall–Kier alpha value is -2.01. The minimum Gasteiger partial charge on any atom is -0.339 e. The van der Waals surface area contributed by atoms with Gasteiger partial charge in [0.05, 0.1) is 16.8 Å². The molecule has 0 unspecified atom stereocenters. The third-order valence-electron chi connectivity index (χ3n) is 4.44. The first kappa shape index (κ1) is 14.9. The highest BCUT2D eigenvalue weighted by molar-refractivity contribution is 5.98. The van der Waals surface area contributed by atoms with Gasteiger partial charge in [-0.05, 0) is 50.4 Å². The van der Waals surface area contributed by atoms with Gasteiger partial charge < -0.3 is 10.6 Å². The fourth-order valence-electron chi connectivity index (χ4n) is 3.00. The topological polar surface area (TPSA) is 59.2 Å². The summed E-state index contributed by atoms with van der Waals surface area (Å²) in [4.78, 5) is 18.9. The molecule has 0 radical (unpaired) electrons. The number of amides is 1. The SMILES string of the molecule is Cc1nc2cc(F)ccc2cc1C(=O)N1CCC(CN)CC1. The molecule has 1 aliphatic heterocycles. The molecule has 1 fully saturated rings. The van der Waals surface area contributed by atoms with E-state index in [0.29, 0.717) is 29.2 Å². The molecule has 0 spiro atoms. The van der Waals surface area contributed by atoms with Crippen molar-refractivity contribution in [3.63, 3.8) is 0 Å². The number of carbonyl (C=O) groups is 1. The van der Waals surface area contributed by atoms with Gasteiger partial charge in [-0.25, -0.2) is 4.39 Å². The Labute approximate surface area is 129 Å². The van der Waals surface area contributed by atoms with Crippen LogP contribution in [0.1, 0.15) is 28.9 Å². The van der Waals surface area contributed by atoms with E-state index < -0.39 is 0 Å². The summed E-state index contributed by atoms with van der Waals surface area (Å²) in [5, 5.41) is 0.784. The van der Waals surface area contributed by atoms with Crippen molar-refractivity contribution in [2.24, 2.45) is 11.7 Å². The van der Waals surface area contributed by atoms with Crippen LogP contribution >= 0.6 is 0 Å². The Kier molecular flexibility index (Phi) is 4.07. The van der Waals surface area contributed by atoms with E-state index >= 15 is 0 Å². The van der Waals surface area contributed by atoms with Crippen molar-refractivity contribution >= 4 is 16.8 Å². The number of hydrogen-bond acceptors (Lipinski definition) is 3. The van der Waals surface area contributed by atoms with Crippen LogP contribution in [0, 0.1) is 18.7 Å². The number of rotatable bonds is 2. The third kappa shape index (κ3) is 2.81. The number of piperidine rings is 1. The largest absolute Gasteiger partial charge is 0.339 e. The van der Waals surface area contributed by atoms with Crippen molar-refractivity contribution < 1.29 is 9.18 Å². The lowest BCUT2D eigenvalue weighted by molar-refractivity contribution is 0.0692. The maximum Gasteiger partial charge on any atom is 0.255 e. The molecular formula is C17H20FN3O. The summed E-state index contributed by atoms with van der Waals surface area (Å²) in [7, 11) is 0. The van der Waals surface area contributed by atoms with E-state index in [9.17, 15) is 9.18 Å². The lowest BCUT2D eigenvalue weighted by Crippen LogP contribution is -2.40. The second kappa shape index (κ2) is 6.01. The van der Waals surface area contributed by atoms with Crippen LogP contribution in [0.2, 0.25) is 0 Å². The van der Waals surface area contributed by atoms with E-state index in [-0.39, 0.29) is 11.7 Å². The molecule has 1 aromatic heterocycles. The molecule has 3 rings (SSSR count). The smallest absolute Gasteiger partial charge is 0.255 e. The Balaban J connectivity index is 1.88. The van der Waals surface area contributed by atoms with E-state index in [2.05, 4.69) is 4.98 Å². The van der Waals surface area contributed by atoms with Crippen LogP contribution in [0.25, 0.3) is 10.9 Å². The van der Waals surface area contributed by atoms with Crippen LogP contribution < -0.4 is 5.73 Å². The fourth-order valence-corrected chi connectivity index (χ4v) is 3.00. The molecule has 22 heavy (non-hydrogen) atoms. The van der Waals surface area contributed by atoms with Crippen molar-refractivity contribution in [3.8, 4) is 0 Å². The molecule has 1 saturated heterocycles. The van der Waals surface area contributed by atoms with Gasteiger partial charge >= 0.3 is 0 Å². The number of hydrogen-bond donors (Lipinski definition) is 1. The molecule has 0 saturated carbocycles. The quantitative estimate of drug-likeness (QED) is 0.927. The van der Waals surface area contributed by atoms with Crippen LogP contribution in [0.4, 0.5) is 4.39 Å². The summed E-state index contributed by atoms with van der Waals surface area (Å²) in [5.41, 5.74) is 7.51. The van der Waals surface area contributed by atoms with E-state index in [1.165, 1.54) is 12.1 Å². The van der Waals surface area contributed by atoms with Gasteiger partial charge in [0.1, 0.15) is 5.82 Å². The molecule has 5 heteroatoms. The number of aromatic nitrogens is 1. The monoisotopic (exact) mass is 301 g/mol. The van der Waals surface area contributed by atoms with Crippen molar-refractivity contribution in [3.05, 3.63) is 41.3 Å². The first-order valence-electron chi connectivity index (χ1n) is 7.64. The molecule has 1 aliphatic rings. The predicted octanol–water partition coefficient (Wildman–Crippen LogP) is 2.49. The van der Waals surface area contributed by atoms with Crippen molar-refractivity contribution in [2.75, 3.05) is 19.6 Å². The van der Waals surface area contributed by atoms with Crippen LogP contribution in [0.5, 0.6) is 0 Å². The maximum absolute atomic E-state index is 13.3. The highest BCUT2D eigenvalue weighted by Gasteiger charge is 2.24. The molecule has 116 valence electrons. The minimum absolute atomic E-state index is 0.00620. The summed E-state index contributed by atoms with van der Waals surface area (Å²) < 4.78 is 13.3. The number of nitrogens with zero attached hydrogens (tertiary/aromatic N) is 2. The standard InChI is InChI=1S/C17H20FN3O/c1-11-15(8-13-2-3-14(18)9-16(13)20-11)17(22)21-6-4-12(10-19)5-7-21/h2-3,8-9,12H,4-7,10,19H2,1H3. The predicted molar refractivity (Wildman–Crippen MR) is 84.1 cm³/mol. The zero-order valence-corrected chi connectivity index (χ0v) is 12.7. The first-order chi connectivity index (χ1) is 10.6.